The molecule has 0 aliphatic rings. The average molecular weight is 697 g/mol. The van der Waals surface area contributed by atoms with E-state index >= 15 is 0 Å². The smallest absolute Gasteiger partial charge is 0.457 e. The van der Waals surface area contributed by atoms with Gasteiger partial charge in [-0.3, -0.25) is 13.8 Å². The fourth-order valence-corrected chi connectivity index (χ4v) is 5.20. The summed E-state index contributed by atoms with van der Waals surface area (Å²) in [6.07, 6.45) is 38.3. The molecule has 0 bridgehead atoms. The van der Waals surface area contributed by atoms with E-state index in [0.29, 0.717) is 17.6 Å². The van der Waals surface area contributed by atoms with Crippen molar-refractivity contribution in [2.45, 2.75) is 129 Å². The molecule has 0 aromatic carbocycles. The van der Waals surface area contributed by atoms with E-state index in [0.717, 1.165) is 70.6 Å². The number of phosphoric ester groups is 1. The molecule has 278 valence electrons. The Balaban J connectivity index is 4.32. The number of rotatable bonds is 33. The van der Waals surface area contributed by atoms with Gasteiger partial charge in [-0.25, -0.2) is 4.57 Å². The second-order valence-corrected chi connectivity index (χ2v) is 14.7. The van der Waals surface area contributed by atoms with Gasteiger partial charge in [0.1, 0.15) is 19.3 Å². The van der Waals surface area contributed by atoms with Crippen LogP contribution in [-0.2, 0) is 27.9 Å². The Morgan fingerprint density at radius 3 is 1.79 bits per heavy atom. The van der Waals surface area contributed by atoms with Crippen LogP contribution in [0.5, 0.6) is 0 Å². The summed E-state index contributed by atoms with van der Waals surface area (Å²) in [6, 6.07) is 0. The van der Waals surface area contributed by atoms with Gasteiger partial charge in [0.05, 0.1) is 34.4 Å². The predicted octanol–water partition coefficient (Wildman–Crippen LogP) is 10.2. The van der Waals surface area contributed by atoms with E-state index in [1.807, 2.05) is 21.1 Å². The van der Waals surface area contributed by atoms with Crippen molar-refractivity contribution in [1.29, 1.82) is 0 Å². The maximum Gasteiger partial charge on any atom is 0.472 e. The van der Waals surface area contributed by atoms with Crippen LogP contribution in [0.2, 0.25) is 0 Å². The Bertz CT molecular complexity index is 952. The second kappa shape index (κ2) is 32.4. The molecule has 0 rings (SSSR count). The minimum Gasteiger partial charge on any atom is -0.457 e. The second-order valence-electron chi connectivity index (χ2n) is 13.2. The first-order chi connectivity index (χ1) is 23.1. The summed E-state index contributed by atoms with van der Waals surface area (Å²) in [6.45, 7) is 5.40. The summed E-state index contributed by atoms with van der Waals surface area (Å²) < 4.78 is 34.6. The SMILES string of the molecule is CC/C=C\C/C=C\C/C=C\C/C=C\C/C=C\CCCCCC(=O)OC(COCCCCCCCCC)COP(=O)(O)OCC[N+](C)(C)C. The number of nitrogens with zero attached hydrogens (tertiary/aromatic N) is 1. The molecule has 0 aromatic heterocycles. The lowest BCUT2D eigenvalue weighted by Gasteiger charge is -2.24. The van der Waals surface area contributed by atoms with E-state index in [-0.39, 0.29) is 32.2 Å². The van der Waals surface area contributed by atoms with Crippen LogP contribution < -0.4 is 0 Å². The lowest BCUT2D eigenvalue weighted by Crippen LogP contribution is -2.37. The molecule has 48 heavy (non-hydrogen) atoms. The van der Waals surface area contributed by atoms with E-state index in [1.54, 1.807) is 0 Å². The number of ether oxygens (including phenoxy) is 2. The van der Waals surface area contributed by atoms with Crippen LogP contribution >= 0.6 is 7.82 Å². The van der Waals surface area contributed by atoms with Crippen molar-refractivity contribution in [2.75, 3.05) is 54.1 Å². The highest BCUT2D eigenvalue weighted by molar-refractivity contribution is 7.47. The van der Waals surface area contributed by atoms with E-state index < -0.39 is 13.9 Å². The molecule has 0 amide bonds. The molecule has 8 nitrogen and oxygen atoms in total. The van der Waals surface area contributed by atoms with E-state index in [4.69, 9.17) is 18.5 Å². The molecule has 2 atom stereocenters. The lowest BCUT2D eigenvalue weighted by atomic mass is 10.1. The van der Waals surface area contributed by atoms with Gasteiger partial charge in [-0.2, -0.15) is 0 Å². The molecule has 0 saturated heterocycles. The quantitative estimate of drug-likeness (QED) is 0.0240. The molecule has 9 heteroatoms. The van der Waals surface area contributed by atoms with Crippen LogP contribution in [0.15, 0.2) is 60.8 Å². The molecule has 0 aliphatic carbocycles. The highest BCUT2D eigenvalue weighted by Gasteiger charge is 2.26. The zero-order valence-corrected chi connectivity index (χ0v) is 32.1. The van der Waals surface area contributed by atoms with Crippen molar-refractivity contribution in [1.82, 2.24) is 0 Å². The molecule has 0 aromatic rings. The maximum absolute atomic E-state index is 12.6. The monoisotopic (exact) mass is 696 g/mol. The normalized spacial score (nSPS) is 14.7. The maximum atomic E-state index is 12.6. The zero-order valence-electron chi connectivity index (χ0n) is 31.2. The van der Waals surface area contributed by atoms with Crippen molar-refractivity contribution in [3.8, 4) is 0 Å². The summed E-state index contributed by atoms with van der Waals surface area (Å²) in [5, 5.41) is 0. The molecule has 0 saturated carbocycles. The van der Waals surface area contributed by atoms with Crippen LogP contribution in [0.3, 0.4) is 0 Å². The zero-order chi connectivity index (χ0) is 35.6. The highest BCUT2D eigenvalue weighted by Crippen LogP contribution is 2.43. The van der Waals surface area contributed by atoms with Crippen molar-refractivity contribution >= 4 is 13.8 Å². The average Bonchev–Trinajstić information content (AvgIpc) is 3.03. The van der Waals surface area contributed by atoms with Crippen LogP contribution in [0.1, 0.15) is 123 Å². The topological polar surface area (TPSA) is 91.3 Å². The third-order valence-corrected chi connectivity index (χ3v) is 8.33. The van der Waals surface area contributed by atoms with Gasteiger partial charge in [-0.15, -0.1) is 0 Å². The number of likely N-dealkylation sites (N-methyl/N-ethyl adjacent to an activating group) is 1. The van der Waals surface area contributed by atoms with E-state index in [9.17, 15) is 14.3 Å². The van der Waals surface area contributed by atoms with Crippen LogP contribution in [0.4, 0.5) is 0 Å². The van der Waals surface area contributed by atoms with E-state index in [2.05, 4.69) is 74.6 Å². The summed E-state index contributed by atoms with van der Waals surface area (Å²) in [4.78, 5) is 22.7. The molecule has 0 heterocycles. The molecular formula is C39H71NO7P+. The molecule has 1 N–H and O–H groups in total. The van der Waals surface area contributed by atoms with Crippen LogP contribution in [-0.4, -0.2) is 75.6 Å². The minimum absolute atomic E-state index is 0.0795. The molecule has 0 radical (unpaired) electrons. The Hall–Kier alpha value is -1.80. The van der Waals surface area contributed by atoms with Crippen LogP contribution in [0.25, 0.3) is 0 Å². The Labute approximate surface area is 294 Å². The molecule has 0 spiro atoms. The van der Waals surface area contributed by atoms with Crippen molar-refractivity contribution in [3.63, 3.8) is 0 Å². The number of unbranched alkanes of at least 4 members (excludes halogenated alkanes) is 9. The Kier molecular flexibility index (Phi) is 31.2. The number of allylic oxidation sites excluding steroid dienone is 10. The number of phosphoric acid groups is 1. The standard InChI is InChI=1S/C39H70NO7P/c1-6-8-10-12-14-15-16-17-18-19-20-21-22-23-24-25-26-28-30-32-39(41)47-38(36-44-34-31-29-27-13-11-9-7-2)37-46-48(42,43)45-35-33-40(3,4)5/h8,10,14-15,17-18,20-21,23-24,38H,6-7,9,11-13,16,19,22,25-37H2,1-5H3/p+1/b10-8-,15-14-,18-17-,21-20-,24-23-. The minimum atomic E-state index is -4.27. The fraction of sp³-hybridized carbons (Fsp3) is 0.718. The van der Waals surface area contributed by atoms with Gasteiger partial charge in [0, 0.05) is 13.0 Å². The van der Waals surface area contributed by atoms with E-state index in [1.165, 1.54) is 32.1 Å². The summed E-state index contributed by atoms with van der Waals surface area (Å²) >= 11 is 0. The Morgan fingerprint density at radius 1 is 0.667 bits per heavy atom. The number of carbonyl (C=O) groups excluding carboxylic acids is 1. The van der Waals surface area contributed by atoms with Gasteiger partial charge in [0.15, 0.2) is 0 Å². The number of quaternary nitrogens is 1. The first-order valence-electron chi connectivity index (χ1n) is 18.5. The van der Waals surface area contributed by atoms with Gasteiger partial charge in [-0.1, -0.05) is 120 Å². The number of carbonyl (C=O) groups is 1. The summed E-state index contributed by atoms with van der Waals surface area (Å²) in [7, 11) is 1.63. The number of hydrogen-bond donors (Lipinski definition) is 1. The fourth-order valence-electron chi connectivity index (χ4n) is 4.46. The predicted molar refractivity (Wildman–Crippen MR) is 201 cm³/mol. The number of esters is 1. The summed E-state index contributed by atoms with van der Waals surface area (Å²) in [5.41, 5.74) is 0. The van der Waals surface area contributed by atoms with Crippen LogP contribution in [0, 0.1) is 0 Å². The van der Waals surface area contributed by atoms with Gasteiger partial charge in [0.25, 0.3) is 0 Å². The largest absolute Gasteiger partial charge is 0.472 e. The van der Waals surface area contributed by atoms with Gasteiger partial charge >= 0.3 is 13.8 Å². The molecule has 0 fully saturated rings. The third kappa shape index (κ3) is 35.5. The van der Waals surface area contributed by atoms with Crippen molar-refractivity contribution < 1.29 is 37.3 Å². The Morgan fingerprint density at radius 2 is 1.21 bits per heavy atom. The van der Waals surface area contributed by atoms with Gasteiger partial charge < -0.3 is 18.9 Å². The first-order valence-corrected chi connectivity index (χ1v) is 20.0. The third-order valence-electron chi connectivity index (χ3n) is 7.34. The lowest BCUT2D eigenvalue weighted by molar-refractivity contribution is -0.870. The highest BCUT2D eigenvalue weighted by atomic mass is 31.2. The number of hydrogen-bond acceptors (Lipinski definition) is 6. The van der Waals surface area contributed by atoms with Gasteiger partial charge in [0.2, 0.25) is 0 Å². The first kappa shape index (κ1) is 46.2. The summed E-state index contributed by atoms with van der Waals surface area (Å²) in [5.74, 6) is -0.350. The van der Waals surface area contributed by atoms with Crippen molar-refractivity contribution in [3.05, 3.63) is 60.8 Å². The van der Waals surface area contributed by atoms with Crippen molar-refractivity contribution in [2.24, 2.45) is 0 Å². The molecular weight excluding hydrogens is 625 g/mol. The molecule has 2 unspecified atom stereocenters. The van der Waals surface area contributed by atoms with Gasteiger partial charge in [-0.05, 0) is 57.8 Å². The molecule has 0 aliphatic heterocycles.